The number of hydrogen-bond donors (Lipinski definition) is 1. The van der Waals surface area contributed by atoms with Crippen molar-refractivity contribution in [2.45, 2.75) is 19.4 Å². The largest absolute Gasteiger partial charge is 0.482 e. The normalized spacial score (nSPS) is 12.0. The fourth-order valence-electron chi connectivity index (χ4n) is 2.10. The number of ether oxygens (including phenoxy) is 1. The van der Waals surface area contributed by atoms with Crippen molar-refractivity contribution < 1.29 is 9.53 Å². The maximum absolute atomic E-state index is 11.0. The fourth-order valence-corrected chi connectivity index (χ4v) is 2.10. The van der Waals surface area contributed by atoms with Gasteiger partial charge in [-0.15, -0.1) is 0 Å². The van der Waals surface area contributed by atoms with E-state index in [4.69, 9.17) is 4.74 Å². The third kappa shape index (κ3) is 5.67. The minimum atomic E-state index is -0.202. The lowest BCUT2D eigenvalue weighted by Crippen LogP contribution is -2.19. The number of benzene rings is 1. The molecule has 0 aliphatic heterocycles. The second kappa shape index (κ2) is 8.24. The van der Waals surface area contributed by atoms with Crippen molar-refractivity contribution in [3.63, 3.8) is 0 Å². The van der Waals surface area contributed by atoms with Crippen LogP contribution >= 0.6 is 0 Å². The SMILES string of the molecule is CC(=O)Nc1ncc(OC(CCN(C)C)c2ccccc2)cn1. The van der Waals surface area contributed by atoms with Gasteiger partial charge in [-0.2, -0.15) is 0 Å². The molecule has 0 aliphatic rings. The van der Waals surface area contributed by atoms with Gasteiger partial charge in [-0.05, 0) is 19.7 Å². The van der Waals surface area contributed by atoms with Gasteiger partial charge in [-0.25, -0.2) is 9.97 Å². The molecule has 23 heavy (non-hydrogen) atoms. The highest BCUT2D eigenvalue weighted by Crippen LogP contribution is 2.24. The van der Waals surface area contributed by atoms with Crippen molar-refractivity contribution in [3.05, 3.63) is 48.3 Å². The number of anilines is 1. The Kier molecular flexibility index (Phi) is 6.05. The van der Waals surface area contributed by atoms with Crippen LogP contribution < -0.4 is 10.1 Å². The average molecular weight is 314 g/mol. The summed E-state index contributed by atoms with van der Waals surface area (Å²) >= 11 is 0. The first-order chi connectivity index (χ1) is 11.0. The minimum Gasteiger partial charge on any atom is -0.482 e. The molecule has 0 aliphatic carbocycles. The lowest BCUT2D eigenvalue weighted by atomic mass is 10.1. The maximum atomic E-state index is 11.0. The first-order valence-corrected chi connectivity index (χ1v) is 7.50. The lowest BCUT2D eigenvalue weighted by Gasteiger charge is -2.21. The minimum absolute atomic E-state index is 0.0752. The van der Waals surface area contributed by atoms with Crippen molar-refractivity contribution in [3.8, 4) is 5.75 Å². The van der Waals surface area contributed by atoms with E-state index in [0.717, 1.165) is 18.5 Å². The molecule has 0 saturated carbocycles. The van der Waals surface area contributed by atoms with Gasteiger partial charge in [0.15, 0.2) is 5.75 Å². The molecule has 0 bridgehead atoms. The highest BCUT2D eigenvalue weighted by Gasteiger charge is 2.14. The number of aromatic nitrogens is 2. The summed E-state index contributed by atoms with van der Waals surface area (Å²) in [6, 6.07) is 10.1. The Hall–Kier alpha value is -2.47. The zero-order valence-electron chi connectivity index (χ0n) is 13.7. The van der Waals surface area contributed by atoms with Gasteiger partial charge >= 0.3 is 0 Å². The van der Waals surface area contributed by atoms with Crippen molar-refractivity contribution in [2.24, 2.45) is 0 Å². The third-order valence-electron chi connectivity index (χ3n) is 3.20. The fraction of sp³-hybridized carbons (Fsp3) is 0.353. The third-order valence-corrected chi connectivity index (χ3v) is 3.20. The van der Waals surface area contributed by atoms with Gasteiger partial charge in [0.25, 0.3) is 0 Å². The molecule has 1 amide bonds. The summed E-state index contributed by atoms with van der Waals surface area (Å²) in [5.74, 6) is 0.646. The van der Waals surface area contributed by atoms with Crippen molar-refractivity contribution in [2.75, 3.05) is 26.0 Å². The number of carbonyl (C=O) groups is 1. The van der Waals surface area contributed by atoms with Crippen LogP contribution in [0, 0.1) is 0 Å². The summed E-state index contributed by atoms with van der Waals surface area (Å²) in [5.41, 5.74) is 1.11. The smallest absolute Gasteiger partial charge is 0.229 e. The Labute approximate surface area is 136 Å². The van der Waals surface area contributed by atoms with Crippen LogP contribution in [0.4, 0.5) is 5.95 Å². The molecule has 122 valence electrons. The predicted octanol–water partition coefficient (Wildman–Crippen LogP) is 2.51. The summed E-state index contributed by atoms with van der Waals surface area (Å²) in [5, 5.41) is 2.53. The molecule has 2 rings (SSSR count). The van der Waals surface area contributed by atoms with Crippen LogP contribution in [0.1, 0.15) is 25.0 Å². The van der Waals surface area contributed by atoms with E-state index in [9.17, 15) is 4.79 Å². The quantitative estimate of drug-likeness (QED) is 0.850. The topological polar surface area (TPSA) is 67.3 Å². The van der Waals surface area contributed by atoms with Crippen LogP contribution in [0.3, 0.4) is 0 Å². The molecular formula is C17H22N4O2. The van der Waals surface area contributed by atoms with Gasteiger partial charge in [0.1, 0.15) is 6.10 Å². The number of rotatable bonds is 7. The maximum Gasteiger partial charge on any atom is 0.229 e. The highest BCUT2D eigenvalue weighted by molar-refractivity contribution is 5.86. The summed E-state index contributed by atoms with van der Waals surface area (Å²) < 4.78 is 6.05. The number of carbonyl (C=O) groups excluding carboxylic acids is 1. The number of hydrogen-bond acceptors (Lipinski definition) is 5. The Morgan fingerprint density at radius 3 is 2.43 bits per heavy atom. The molecule has 1 unspecified atom stereocenters. The van der Waals surface area contributed by atoms with Crippen LogP contribution in [-0.4, -0.2) is 41.4 Å². The average Bonchev–Trinajstić information content (AvgIpc) is 2.53. The molecule has 0 fully saturated rings. The standard InChI is InChI=1S/C17H22N4O2/c1-13(22)20-17-18-11-15(12-19-17)23-16(9-10-21(2)3)14-7-5-4-6-8-14/h4-8,11-12,16H,9-10H2,1-3H3,(H,18,19,20,22). The lowest BCUT2D eigenvalue weighted by molar-refractivity contribution is -0.114. The molecule has 2 aromatic rings. The molecule has 0 radical (unpaired) electrons. The molecule has 6 nitrogen and oxygen atoms in total. The van der Waals surface area contributed by atoms with E-state index in [2.05, 4.69) is 20.2 Å². The van der Waals surface area contributed by atoms with E-state index in [0.29, 0.717) is 5.75 Å². The summed E-state index contributed by atoms with van der Waals surface area (Å²) in [6.07, 6.45) is 3.92. The number of amides is 1. The molecule has 0 spiro atoms. The molecule has 6 heteroatoms. The van der Waals surface area contributed by atoms with Crippen molar-refractivity contribution in [1.29, 1.82) is 0 Å². The zero-order chi connectivity index (χ0) is 16.7. The number of nitrogens with one attached hydrogen (secondary N) is 1. The van der Waals surface area contributed by atoms with Crippen LogP contribution in [0.25, 0.3) is 0 Å². The van der Waals surface area contributed by atoms with Crippen LogP contribution in [-0.2, 0) is 4.79 Å². The van der Waals surface area contributed by atoms with Crippen LogP contribution in [0.2, 0.25) is 0 Å². The van der Waals surface area contributed by atoms with Crippen LogP contribution in [0.15, 0.2) is 42.7 Å². The highest BCUT2D eigenvalue weighted by atomic mass is 16.5. The Morgan fingerprint density at radius 1 is 1.22 bits per heavy atom. The molecule has 1 heterocycles. The summed E-state index contributed by atoms with van der Waals surface area (Å²) in [7, 11) is 4.07. The van der Waals surface area contributed by atoms with Crippen LogP contribution in [0.5, 0.6) is 5.75 Å². The molecule has 1 aromatic carbocycles. The van der Waals surface area contributed by atoms with Gasteiger partial charge in [-0.1, -0.05) is 30.3 Å². The first kappa shape index (κ1) is 16.9. The monoisotopic (exact) mass is 314 g/mol. The summed E-state index contributed by atoms with van der Waals surface area (Å²) in [6.45, 7) is 2.32. The van der Waals surface area contributed by atoms with Crippen molar-refractivity contribution >= 4 is 11.9 Å². The van der Waals surface area contributed by atoms with Gasteiger partial charge in [-0.3, -0.25) is 10.1 Å². The van der Waals surface area contributed by atoms with E-state index >= 15 is 0 Å². The molecular weight excluding hydrogens is 292 g/mol. The Morgan fingerprint density at radius 2 is 1.87 bits per heavy atom. The second-order valence-corrected chi connectivity index (χ2v) is 5.53. The van der Waals surface area contributed by atoms with E-state index in [1.165, 1.54) is 6.92 Å². The van der Waals surface area contributed by atoms with Gasteiger partial charge in [0.05, 0.1) is 12.4 Å². The molecule has 1 N–H and O–H groups in total. The number of nitrogens with zero attached hydrogens (tertiary/aromatic N) is 3. The first-order valence-electron chi connectivity index (χ1n) is 7.50. The predicted molar refractivity (Wildman–Crippen MR) is 89.3 cm³/mol. The van der Waals surface area contributed by atoms with Gasteiger partial charge in [0, 0.05) is 19.9 Å². The van der Waals surface area contributed by atoms with Gasteiger partial charge in [0.2, 0.25) is 11.9 Å². The zero-order valence-corrected chi connectivity index (χ0v) is 13.7. The van der Waals surface area contributed by atoms with Gasteiger partial charge < -0.3 is 9.64 Å². The summed E-state index contributed by atoms with van der Waals surface area (Å²) in [4.78, 5) is 21.3. The van der Waals surface area contributed by atoms with E-state index in [1.54, 1.807) is 12.4 Å². The van der Waals surface area contributed by atoms with Crippen molar-refractivity contribution in [1.82, 2.24) is 14.9 Å². The Bertz CT molecular complexity index is 614. The Balaban J connectivity index is 2.09. The van der Waals surface area contributed by atoms with E-state index in [-0.39, 0.29) is 18.0 Å². The second-order valence-electron chi connectivity index (χ2n) is 5.53. The molecule has 1 aromatic heterocycles. The van der Waals surface area contributed by atoms with E-state index < -0.39 is 0 Å². The molecule has 0 saturated heterocycles. The molecule has 1 atom stereocenters. The van der Waals surface area contributed by atoms with E-state index in [1.807, 2.05) is 44.4 Å².